The van der Waals surface area contributed by atoms with Crippen LogP contribution in [0, 0.1) is 0 Å². The van der Waals surface area contributed by atoms with Crippen molar-refractivity contribution in [1.82, 2.24) is 5.32 Å². The van der Waals surface area contributed by atoms with Crippen LogP contribution < -0.4 is 5.32 Å². The molecule has 0 aliphatic carbocycles. The molecular formula is C13H11Cl2NO3. The fourth-order valence-corrected chi connectivity index (χ4v) is 1.73. The number of benzene rings is 1. The van der Waals surface area contributed by atoms with Crippen molar-refractivity contribution in [3.8, 4) is 0 Å². The maximum Gasteiger partial charge on any atom is 0.407 e. The van der Waals surface area contributed by atoms with Crippen LogP contribution in [0.25, 0.3) is 0 Å². The molecule has 1 aromatic carbocycles. The zero-order valence-corrected chi connectivity index (χ0v) is 11.4. The lowest BCUT2D eigenvalue weighted by Gasteiger charge is -2.06. The van der Waals surface area contributed by atoms with Crippen LogP contribution in [0.4, 0.5) is 4.79 Å². The number of alkyl carbamates (subject to hydrolysis) is 1. The van der Waals surface area contributed by atoms with E-state index in [9.17, 15) is 4.79 Å². The largest absolute Gasteiger partial charge is 0.466 e. The van der Waals surface area contributed by atoms with Gasteiger partial charge < -0.3 is 14.5 Å². The predicted molar refractivity (Wildman–Crippen MR) is 72.2 cm³/mol. The molecule has 0 saturated heterocycles. The summed E-state index contributed by atoms with van der Waals surface area (Å²) in [4.78, 5) is 11.4. The van der Waals surface area contributed by atoms with Gasteiger partial charge in [0.25, 0.3) is 0 Å². The third-order valence-electron chi connectivity index (χ3n) is 2.35. The number of hydrogen-bond donors (Lipinski definition) is 1. The summed E-state index contributed by atoms with van der Waals surface area (Å²) in [5.41, 5.74) is 0.837. The Morgan fingerprint density at radius 3 is 2.79 bits per heavy atom. The number of ether oxygens (including phenoxy) is 1. The van der Waals surface area contributed by atoms with Crippen LogP contribution in [0.5, 0.6) is 0 Å². The van der Waals surface area contributed by atoms with Crippen LogP contribution in [0.15, 0.2) is 41.0 Å². The van der Waals surface area contributed by atoms with E-state index in [2.05, 4.69) is 5.32 Å². The Morgan fingerprint density at radius 1 is 1.26 bits per heavy atom. The summed E-state index contributed by atoms with van der Waals surface area (Å²) in [6.45, 7) is 0.411. The summed E-state index contributed by atoms with van der Waals surface area (Å²) in [6, 6.07) is 8.60. The standard InChI is InChI=1S/C13H11Cl2NO3/c14-11-4-3-9(6-12(11)15)7-16-13(17)19-8-10-2-1-5-18-10/h1-6H,7-8H2,(H,16,17). The molecule has 0 bridgehead atoms. The molecule has 0 unspecified atom stereocenters. The second kappa shape index (κ2) is 6.50. The van der Waals surface area contributed by atoms with Gasteiger partial charge >= 0.3 is 6.09 Å². The van der Waals surface area contributed by atoms with E-state index in [4.69, 9.17) is 32.4 Å². The molecule has 0 spiro atoms. The Morgan fingerprint density at radius 2 is 2.11 bits per heavy atom. The van der Waals surface area contributed by atoms with Crippen LogP contribution >= 0.6 is 23.2 Å². The second-order valence-corrected chi connectivity index (χ2v) is 4.57. The summed E-state index contributed by atoms with van der Waals surface area (Å²) in [6.07, 6.45) is 0.995. The van der Waals surface area contributed by atoms with E-state index in [0.717, 1.165) is 5.56 Å². The Bertz CT molecular complexity index is 555. The maximum atomic E-state index is 11.4. The molecule has 0 aliphatic rings. The highest BCUT2D eigenvalue weighted by atomic mass is 35.5. The highest BCUT2D eigenvalue weighted by molar-refractivity contribution is 6.42. The number of rotatable bonds is 4. The van der Waals surface area contributed by atoms with E-state index < -0.39 is 6.09 Å². The molecule has 1 heterocycles. The molecule has 0 radical (unpaired) electrons. The molecule has 100 valence electrons. The fraction of sp³-hybridized carbons (Fsp3) is 0.154. The Balaban J connectivity index is 1.78. The number of nitrogens with one attached hydrogen (secondary N) is 1. The normalized spacial score (nSPS) is 10.2. The van der Waals surface area contributed by atoms with Gasteiger partial charge in [-0.1, -0.05) is 29.3 Å². The van der Waals surface area contributed by atoms with Gasteiger partial charge in [-0.15, -0.1) is 0 Å². The molecule has 0 fully saturated rings. The zero-order chi connectivity index (χ0) is 13.7. The zero-order valence-electron chi connectivity index (χ0n) is 9.86. The van der Waals surface area contributed by atoms with Gasteiger partial charge in [0.05, 0.1) is 16.3 Å². The van der Waals surface area contributed by atoms with Crippen molar-refractivity contribution in [2.75, 3.05) is 0 Å². The molecule has 1 N–H and O–H groups in total. The Hall–Kier alpha value is -1.65. The number of carbonyl (C=O) groups is 1. The first-order valence-corrected chi connectivity index (χ1v) is 6.27. The summed E-state index contributed by atoms with van der Waals surface area (Å²) >= 11 is 11.7. The summed E-state index contributed by atoms with van der Waals surface area (Å²) in [5.74, 6) is 0.588. The van der Waals surface area contributed by atoms with Crippen molar-refractivity contribution in [3.63, 3.8) is 0 Å². The Labute approximate surface area is 120 Å². The molecule has 0 saturated carbocycles. The van der Waals surface area contributed by atoms with Crippen LogP contribution in [-0.4, -0.2) is 6.09 Å². The van der Waals surface area contributed by atoms with Crippen molar-refractivity contribution in [1.29, 1.82) is 0 Å². The smallest absolute Gasteiger partial charge is 0.407 e. The fourth-order valence-electron chi connectivity index (χ4n) is 1.41. The molecule has 1 amide bonds. The van der Waals surface area contributed by atoms with Crippen molar-refractivity contribution in [2.24, 2.45) is 0 Å². The van der Waals surface area contributed by atoms with Gasteiger partial charge in [0.1, 0.15) is 5.76 Å². The summed E-state index contributed by atoms with van der Waals surface area (Å²) in [7, 11) is 0. The van der Waals surface area contributed by atoms with Crippen molar-refractivity contribution < 1.29 is 13.9 Å². The van der Waals surface area contributed by atoms with Gasteiger partial charge in [-0.3, -0.25) is 0 Å². The number of furan rings is 1. The van der Waals surface area contributed by atoms with Gasteiger partial charge in [0.15, 0.2) is 6.61 Å². The van der Waals surface area contributed by atoms with Crippen molar-refractivity contribution >= 4 is 29.3 Å². The molecule has 2 rings (SSSR count). The SMILES string of the molecule is O=C(NCc1ccc(Cl)c(Cl)c1)OCc1ccco1. The van der Waals surface area contributed by atoms with Gasteiger partial charge in [-0.25, -0.2) is 4.79 Å². The highest BCUT2D eigenvalue weighted by Crippen LogP contribution is 2.22. The topological polar surface area (TPSA) is 51.5 Å². The van der Waals surface area contributed by atoms with Crippen LogP contribution in [0.2, 0.25) is 10.0 Å². The lowest BCUT2D eigenvalue weighted by atomic mass is 10.2. The maximum absolute atomic E-state index is 11.4. The average Bonchev–Trinajstić information content (AvgIpc) is 2.91. The summed E-state index contributed by atoms with van der Waals surface area (Å²) in [5, 5.41) is 3.53. The van der Waals surface area contributed by atoms with Gasteiger partial charge in [-0.2, -0.15) is 0 Å². The first-order chi connectivity index (χ1) is 9.15. The van der Waals surface area contributed by atoms with Crippen molar-refractivity contribution in [3.05, 3.63) is 58.0 Å². The van der Waals surface area contributed by atoms with Gasteiger partial charge in [-0.05, 0) is 29.8 Å². The first-order valence-electron chi connectivity index (χ1n) is 5.52. The van der Waals surface area contributed by atoms with Crippen LogP contribution in [0.1, 0.15) is 11.3 Å². The first kappa shape index (κ1) is 13.8. The van der Waals surface area contributed by atoms with Gasteiger partial charge in [0, 0.05) is 6.54 Å². The third-order valence-corrected chi connectivity index (χ3v) is 3.09. The minimum atomic E-state index is -0.525. The molecule has 0 aliphatic heterocycles. The average molecular weight is 300 g/mol. The highest BCUT2D eigenvalue weighted by Gasteiger charge is 2.05. The molecule has 19 heavy (non-hydrogen) atoms. The number of carbonyl (C=O) groups excluding carboxylic acids is 1. The number of amides is 1. The second-order valence-electron chi connectivity index (χ2n) is 3.76. The quantitative estimate of drug-likeness (QED) is 0.928. The van der Waals surface area contributed by atoms with E-state index in [0.29, 0.717) is 22.4 Å². The molecule has 2 aromatic rings. The lowest BCUT2D eigenvalue weighted by Crippen LogP contribution is -2.23. The molecule has 1 aromatic heterocycles. The van der Waals surface area contributed by atoms with E-state index >= 15 is 0 Å². The monoisotopic (exact) mass is 299 g/mol. The van der Waals surface area contributed by atoms with E-state index in [1.165, 1.54) is 6.26 Å². The number of hydrogen-bond acceptors (Lipinski definition) is 3. The molecule has 4 nitrogen and oxygen atoms in total. The Kier molecular flexibility index (Phi) is 4.71. The van der Waals surface area contributed by atoms with E-state index in [-0.39, 0.29) is 6.61 Å². The minimum Gasteiger partial charge on any atom is -0.466 e. The van der Waals surface area contributed by atoms with Gasteiger partial charge in [0.2, 0.25) is 0 Å². The third kappa shape index (κ3) is 4.19. The summed E-state index contributed by atoms with van der Waals surface area (Å²) < 4.78 is 10.00. The van der Waals surface area contributed by atoms with Crippen molar-refractivity contribution in [2.45, 2.75) is 13.2 Å². The predicted octanol–water partition coefficient (Wildman–Crippen LogP) is 4.01. The van der Waals surface area contributed by atoms with Crippen LogP contribution in [-0.2, 0) is 17.9 Å². The molecule has 0 atom stereocenters. The molecule has 6 heteroatoms. The number of halogens is 2. The molecular weight excluding hydrogens is 289 g/mol. The van der Waals surface area contributed by atoms with Crippen LogP contribution in [0.3, 0.4) is 0 Å². The minimum absolute atomic E-state index is 0.0974. The lowest BCUT2D eigenvalue weighted by molar-refractivity contribution is 0.130. The van der Waals surface area contributed by atoms with E-state index in [1.54, 1.807) is 30.3 Å². The van der Waals surface area contributed by atoms with E-state index in [1.807, 2.05) is 0 Å².